The van der Waals surface area contributed by atoms with Crippen LogP contribution in [0, 0.1) is 0 Å². The topological polar surface area (TPSA) is 85.2 Å². The molecule has 0 aromatic carbocycles. The molecule has 26 heavy (non-hydrogen) atoms. The Hall–Kier alpha value is -1.44. The van der Waals surface area contributed by atoms with Gasteiger partial charge in [-0.1, -0.05) is 12.8 Å². The zero-order chi connectivity index (χ0) is 18.1. The highest BCUT2D eigenvalue weighted by Gasteiger charge is 2.32. The number of fused-ring (bicyclic) bond motifs is 1. The molecule has 3 aliphatic rings. The van der Waals surface area contributed by atoms with E-state index in [1.54, 1.807) is 0 Å². The summed E-state index contributed by atoms with van der Waals surface area (Å²) in [5, 5.41) is 8.44. The summed E-state index contributed by atoms with van der Waals surface area (Å²) in [6.45, 7) is 2.34. The Bertz CT molecular complexity index is 767. The zero-order valence-electron chi connectivity index (χ0n) is 15.3. The second-order valence-corrected chi connectivity index (χ2v) is 10.3. The number of sulfone groups is 1. The average Bonchev–Trinajstić information content (AvgIpc) is 3.37. The van der Waals surface area contributed by atoms with Crippen molar-refractivity contribution in [3.63, 3.8) is 0 Å². The number of piperidine rings is 1. The summed E-state index contributed by atoms with van der Waals surface area (Å²) in [5.74, 6) is 2.26. The van der Waals surface area contributed by atoms with E-state index in [1.165, 1.54) is 0 Å². The number of amides is 1. The lowest BCUT2D eigenvalue weighted by molar-refractivity contribution is -0.132. The predicted octanol–water partition coefficient (Wildman–Crippen LogP) is 1.68. The molecule has 7 nitrogen and oxygen atoms in total. The van der Waals surface area contributed by atoms with Crippen LogP contribution in [-0.2, 0) is 27.6 Å². The molecule has 8 heteroatoms. The highest BCUT2D eigenvalue weighted by molar-refractivity contribution is 7.92. The summed E-state index contributed by atoms with van der Waals surface area (Å²) in [7, 11) is -3.13. The fourth-order valence-electron chi connectivity index (χ4n) is 4.69. The number of hydrogen-bond acceptors (Lipinski definition) is 5. The highest BCUT2D eigenvalue weighted by atomic mass is 32.2. The van der Waals surface area contributed by atoms with E-state index in [-0.39, 0.29) is 29.2 Å². The fourth-order valence-corrected chi connectivity index (χ4v) is 6.54. The molecule has 1 aliphatic carbocycles. The van der Waals surface area contributed by atoms with E-state index >= 15 is 0 Å². The van der Waals surface area contributed by atoms with Gasteiger partial charge in [-0.2, -0.15) is 0 Å². The van der Waals surface area contributed by atoms with Crippen LogP contribution >= 0.6 is 0 Å². The van der Waals surface area contributed by atoms with Crippen molar-refractivity contribution in [3.8, 4) is 0 Å². The molecular weight excluding hydrogens is 352 g/mol. The molecule has 0 spiro atoms. The number of rotatable bonds is 5. The van der Waals surface area contributed by atoms with Crippen LogP contribution in [0.1, 0.15) is 68.9 Å². The first-order valence-electron chi connectivity index (χ1n) is 9.96. The van der Waals surface area contributed by atoms with Gasteiger partial charge in [0.25, 0.3) is 0 Å². The van der Waals surface area contributed by atoms with Crippen LogP contribution in [0.15, 0.2) is 0 Å². The van der Waals surface area contributed by atoms with E-state index < -0.39 is 9.84 Å². The van der Waals surface area contributed by atoms with Crippen molar-refractivity contribution < 1.29 is 13.2 Å². The van der Waals surface area contributed by atoms with Crippen molar-refractivity contribution in [2.24, 2.45) is 0 Å². The number of likely N-dealkylation sites (tertiary alicyclic amines) is 1. The van der Waals surface area contributed by atoms with Crippen molar-refractivity contribution in [2.45, 2.75) is 75.5 Å². The van der Waals surface area contributed by atoms with Crippen molar-refractivity contribution in [3.05, 3.63) is 11.6 Å². The minimum atomic E-state index is -3.13. The van der Waals surface area contributed by atoms with Crippen LogP contribution in [0.25, 0.3) is 0 Å². The fraction of sp³-hybridized carbons (Fsp3) is 0.833. The third-order valence-electron chi connectivity index (χ3n) is 6.19. The van der Waals surface area contributed by atoms with Crippen molar-refractivity contribution in [2.75, 3.05) is 18.8 Å². The molecule has 4 rings (SSSR count). The molecule has 0 bridgehead atoms. The number of hydrogen-bond donors (Lipinski definition) is 0. The Morgan fingerprint density at radius 1 is 1.04 bits per heavy atom. The summed E-state index contributed by atoms with van der Waals surface area (Å²) in [4.78, 5) is 14.5. The van der Waals surface area contributed by atoms with Gasteiger partial charge in [0.15, 0.2) is 9.84 Å². The second-order valence-electron chi connectivity index (χ2n) is 7.93. The molecule has 1 atom stereocenters. The molecular formula is C18H28N4O3S. The van der Waals surface area contributed by atoms with Gasteiger partial charge in [-0.3, -0.25) is 4.79 Å². The molecule has 2 aliphatic heterocycles. The lowest BCUT2D eigenvalue weighted by atomic mass is 9.97. The van der Waals surface area contributed by atoms with Crippen LogP contribution in [0.4, 0.5) is 0 Å². The summed E-state index contributed by atoms with van der Waals surface area (Å²) in [5.41, 5.74) is 0. The van der Waals surface area contributed by atoms with Gasteiger partial charge in [0.1, 0.15) is 11.6 Å². The molecule has 0 radical (unpaired) electrons. The van der Waals surface area contributed by atoms with Gasteiger partial charge in [-0.25, -0.2) is 8.42 Å². The number of carbonyl (C=O) groups excluding carboxylic acids is 1. The largest absolute Gasteiger partial charge is 0.342 e. The first-order valence-corrected chi connectivity index (χ1v) is 11.7. The maximum Gasteiger partial charge on any atom is 0.223 e. The van der Waals surface area contributed by atoms with Gasteiger partial charge in [0.05, 0.1) is 11.0 Å². The van der Waals surface area contributed by atoms with Gasteiger partial charge in [-0.15, -0.1) is 10.2 Å². The van der Waals surface area contributed by atoms with Gasteiger partial charge >= 0.3 is 0 Å². The maximum atomic E-state index is 12.6. The van der Waals surface area contributed by atoms with E-state index in [0.29, 0.717) is 6.54 Å². The van der Waals surface area contributed by atoms with Crippen LogP contribution in [0.3, 0.4) is 0 Å². The first-order chi connectivity index (χ1) is 12.5. The molecule has 1 saturated carbocycles. The molecule has 144 valence electrons. The Kier molecular flexibility index (Phi) is 5.03. The predicted molar refractivity (Wildman–Crippen MR) is 97.6 cm³/mol. The van der Waals surface area contributed by atoms with Gasteiger partial charge in [0.2, 0.25) is 5.91 Å². The lowest BCUT2D eigenvalue weighted by Crippen LogP contribution is -2.40. The van der Waals surface area contributed by atoms with Crippen molar-refractivity contribution >= 4 is 15.7 Å². The molecule has 3 heterocycles. The van der Waals surface area contributed by atoms with Crippen LogP contribution in [-0.4, -0.2) is 58.1 Å². The van der Waals surface area contributed by atoms with Crippen LogP contribution < -0.4 is 0 Å². The van der Waals surface area contributed by atoms with Crippen LogP contribution in [0.5, 0.6) is 0 Å². The summed E-state index contributed by atoms with van der Waals surface area (Å²) in [6, 6.07) is 0. The van der Waals surface area contributed by atoms with E-state index in [0.717, 1.165) is 76.1 Å². The van der Waals surface area contributed by atoms with Crippen molar-refractivity contribution in [1.29, 1.82) is 0 Å². The Labute approximate surface area is 155 Å². The van der Waals surface area contributed by atoms with Gasteiger partial charge in [0, 0.05) is 38.4 Å². The minimum absolute atomic E-state index is 0.00199. The van der Waals surface area contributed by atoms with E-state index in [4.69, 9.17) is 0 Å². The Morgan fingerprint density at radius 2 is 1.85 bits per heavy atom. The second kappa shape index (κ2) is 7.29. The summed E-state index contributed by atoms with van der Waals surface area (Å²) in [6.07, 6.45) is 7.69. The number of aromatic nitrogens is 3. The average molecular weight is 381 g/mol. The number of carbonyl (C=O) groups is 1. The molecule has 1 aromatic heterocycles. The van der Waals surface area contributed by atoms with E-state index in [2.05, 4.69) is 14.8 Å². The normalized spacial score (nSPS) is 24.2. The lowest BCUT2D eigenvalue weighted by Gasteiger charge is -2.32. The Morgan fingerprint density at radius 3 is 2.65 bits per heavy atom. The number of aryl methyl sites for hydroxylation is 1. The van der Waals surface area contributed by atoms with Gasteiger partial charge in [-0.05, 0) is 32.1 Å². The van der Waals surface area contributed by atoms with Crippen molar-refractivity contribution in [1.82, 2.24) is 19.7 Å². The van der Waals surface area contributed by atoms with Gasteiger partial charge < -0.3 is 9.47 Å². The van der Waals surface area contributed by atoms with E-state index in [1.807, 2.05) is 4.90 Å². The molecule has 0 N–H and O–H groups in total. The quantitative estimate of drug-likeness (QED) is 0.776. The SMILES string of the molecule is O=C(CCS(=O)(=O)C1CCCC1)N1CCC[C@@H](c2nnc3n2CCC3)C1. The standard InChI is InChI=1S/C18H28N4O3S/c23-17(9-12-26(24,25)15-6-1-2-7-15)21-10-3-5-14(13-21)18-20-19-16-8-4-11-22(16)18/h14-15H,1-13H2/t14-/m1/s1. The number of nitrogens with zero attached hydrogens (tertiary/aromatic N) is 4. The zero-order valence-corrected chi connectivity index (χ0v) is 16.1. The summed E-state index contributed by atoms with van der Waals surface area (Å²) < 4.78 is 27.0. The molecule has 2 fully saturated rings. The third kappa shape index (κ3) is 3.52. The molecule has 1 aromatic rings. The van der Waals surface area contributed by atoms with Crippen LogP contribution in [0.2, 0.25) is 0 Å². The monoisotopic (exact) mass is 380 g/mol. The first kappa shape index (κ1) is 17.9. The summed E-state index contributed by atoms with van der Waals surface area (Å²) >= 11 is 0. The smallest absolute Gasteiger partial charge is 0.223 e. The maximum absolute atomic E-state index is 12.6. The highest BCUT2D eigenvalue weighted by Crippen LogP contribution is 2.29. The minimum Gasteiger partial charge on any atom is -0.342 e. The Balaban J connectivity index is 1.36. The molecule has 0 unspecified atom stereocenters. The van der Waals surface area contributed by atoms with E-state index in [9.17, 15) is 13.2 Å². The molecule has 1 saturated heterocycles. The molecule has 1 amide bonds. The third-order valence-corrected chi connectivity index (χ3v) is 8.45.